The van der Waals surface area contributed by atoms with Crippen molar-refractivity contribution in [3.63, 3.8) is 0 Å². The van der Waals surface area contributed by atoms with Crippen molar-refractivity contribution in [2.24, 2.45) is 0 Å². The lowest BCUT2D eigenvalue weighted by Crippen LogP contribution is -2.31. The van der Waals surface area contributed by atoms with Gasteiger partial charge in [-0.25, -0.2) is 4.98 Å². The molecule has 0 saturated carbocycles. The Morgan fingerprint density at radius 3 is 2.67 bits per heavy atom. The van der Waals surface area contributed by atoms with Gasteiger partial charge in [-0.2, -0.15) is 0 Å². The standard InChI is InChI=1S/C23H21N3O3S/c1-3-29-19-12-8-7-11-18(19)25-21(27)15(2)26-14-24-22-17(23(26)28)13-20(30-22)16-9-5-4-6-10-16/h4-15H,3H2,1-2H3,(H,25,27). The lowest BCUT2D eigenvalue weighted by atomic mass is 10.2. The number of aromatic nitrogens is 2. The molecule has 4 aromatic rings. The Morgan fingerprint density at radius 2 is 1.90 bits per heavy atom. The molecule has 0 aliphatic carbocycles. The van der Waals surface area contributed by atoms with Crippen molar-refractivity contribution in [2.45, 2.75) is 19.9 Å². The molecule has 0 fully saturated rings. The minimum atomic E-state index is -0.732. The Morgan fingerprint density at radius 1 is 1.17 bits per heavy atom. The summed E-state index contributed by atoms with van der Waals surface area (Å²) in [5.74, 6) is 0.274. The van der Waals surface area contributed by atoms with Crippen molar-refractivity contribution >= 4 is 33.1 Å². The first-order valence-corrected chi connectivity index (χ1v) is 10.5. The van der Waals surface area contributed by atoms with Gasteiger partial charge >= 0.3 is 0 Å². The molecule has 30 heavy (non-hydrogen) atoms. The molecule has 6 nitrogen and oxygen atoms in total. The van der Waals surface area contributed by atoms with Crippen LogP contribution in [0, 0.1) is 0 Å². The van der Waals surface area contributed by atoms with Crippen molar-refractivity contribution in [3.8, 4) is 16.2 Å². The normalized spacial score (nSPS) is 11.9. The minimum Gasteiger partial charge on any atom is -0.492 e. The van der Waals surface area contributed by atoms with Gasteiger partial charge in [-0.3, -0.25) is 14.2 Å². The minimum absolute atomic E-state index is 0.237. The van der Waals surface area contributed by atoms with Gasteiger partial charge in [0, 0.05) is 4.88 Å². The van der Waals surface area contributed by atoms with E-state index in [9.17, 15) is 9.59 Å². The lowest BCUT2D eigenvalue weighted by Gasteiger charge is -2.16. The number of hydrogen-bond acceptors (Lipinski definition) is 5. The summed E-state index contributed by atoms with van der Waals surface area (Å²) in [6.07, 6.45) is 1.44. The van der Waals surface area contributed by atoms with Gasteiger partial charge < -0.3 is 10.1 Å². The number of ether oxygens (including phenoxy) is 1. The zero-order valence-electron chi connectivity index (χ0n) is 16.7. The number of benzene rings is 2. The average Bonchev–Trinajstić information content (AvgIpc) is 3.21. The van der Waals surface area contributed by atoms with E-state index in [-0.39, 0.29) is 11.5 Å². The molecule has 1 amide bonds. The molecule has 152 valence electrons. The van der Waals surface area contributed by atoms with E-state index in [4.69, 9.17) is 4.74 Å². The molecular weight excluding hydrogens is 398 g/mol. The van der Waals surface area contributed by atoms with Crippen molar-refractivity contribution in [3.05, 3.63) is 77.3 Å². The summed E-state index contributed by atoms with van der Waals surface area (Å²) in [5.41, 5.74) is 1.36. The summed E-state index contributed by atoms with van der Waals surface area (Å²) in [7, 11) is 0. The molecule has 0 aliphatic heterocycles. The SMILES string of the molecule is CCOc1ccccc1NC(=O)C(C)n1cnc2sc(-c3ccccc3)cc2c1=O. The van der Waals surface area contributed by atoms with Gasteiger partial charge in [-0.15, -0.1) is 11.3 Å². The monoisotopic (exact) mass is 419 g/mol. The van der Waals surface area contributed by atoms with Crippen LogP contribution in [0.15, 0.2) is 71.8 Å². The largest absolute Gasteiger partial charge is 0.492 e. The number of para-hydroxylation sites is 2. The molecule has 0 bridgehead atoms. The van der Waals surface area contributed by atoms with Crippen LogP contribution in [0.3, 0.4) is 0 Å². The van der Waals surface area contributed by atoms with E-state index in [1.165, 1.54) is 22.2 Å². The van der Waals surface area contributed by atoms with E-state index in [1.54, 1.807) is 19.1 Å². The van der Waals surface area contributed by atoms with Crippen molar-refractivity contribution in [2.75, 3.05) is 11.9 Å². The lowest BCUT2D eigenvalue weighted by molar-refractivity contribution is -0.118. The Hall–Kier alpha value is -3.45. The van der Waals surface area contributed by atoms with Gasteiger partial charge in [0.1, 0.15) is 16.6 Å². The van der Waals surface area contributed by atoms with Crippen molar-refractivity contribution in [1.29, 1.82) is 0 Å². The van der Waals surface area contributed by atoms with E-state index in [2.05, 4.69) is 10.3 Å². The number of carbonyl (C=O) groups excluding carboxylic acids is 1. The number of anilines is 1. The Kier molecular flexibility index (Phi) is 5.63. The Bertz CT molecular complexity index is 1250. The Labute approximate surface area is 177 Å². The van der Waals surface area contributed by atoms with Gasteiger partial charge in [0.05, 0.1) is 24.0 Å². The van der Waals surface area contributed by atoms with Crippen molar-refractivity contribution < 1.29 is 9.53 Å². The van der Waals surface area contributed by atoms with E-state index in [1.807, 2.05) is 55.5 Å². The maximum Gasteiger partial charge on any atom is 0.262 e. The van der Waals surface area contributed by atoms with Crippen LogP contribution in [0.25, 0.3) is 20.7 Å². The molecule has 2 aromatic heterocycles. The fourth-order valence-corrected chi connectivity index (χ4v) is 4.17. The number of hydrogen-bond donors (Lipinski definition) is 1. The highest BCUT2D eigenvalue weighted by molar-refractivity contribution is 7.21. The molecule has 0 aliphatic rings. The van der Waals surface area contributed by atoms with E-state index < -0.39 is 6.04 Å². The topological polar surface area (TPSA) is 73.2 Å². The third-order valence-electron chi connectivity index (χ3n) is 4.78. The first kappa shape index (κ1) is 19.8. The fourth-order valence-electron chi connectivity index (χ4n) is 3.17. The highest BCUT2D eigenvalue weighted by Gasteiger charge is 2.20. The van der Waals surface area contributed by atoms with Crippen molar-refractivity contribution in [1.82, 2.24) is 9.55 Å². The van der Waals surface area contributed by atoms with Crippen LogP contribution >= 0.6 is 11.3 Å². The molecule has 7 heteroatoms. The van der Waals surface area contributed by atoms with E-state index in [0.29, 0.717) is 28.3 Å². The molecule has 2 aromatic carbocycles. The molecule has 1 unspecified atom stereocenters. The maximum atomic E-state index is 13.1. The fraction of sp³-hybridized carbons (Fsp3) is 0.174. The second kappa shape index (κ2) is 8.51. The third kappa shape index (κ3) is 3.84. The van der Waals surface area contributed by atoms with Gasteiger partial charge in [-0.1, -0.05) is 42.5 Å². The van der Waals surface area contributed by atoms with Gasteiger partial charge in [-0.05, 0) is 37.6 Å². The predicted octanol–water partition coefficient (Wildman–Crippen LogP) is 4.72. The van der Waals surface area contributed by atoms with Crippen LogP contribution in [0.1, 0.15) is 19.9 Å². The first-order valence-electron chi connectivity index (χ1n) is 9.67. The summed E-state index contributed by atoms with van der Waals surface area (Å²) >= 11 is 1.46. The molecule has 0 saturated heterocycles. The van der Waals surface area contributed by atoms with Crippen LogP contribution in [0.5, 0.6) is 5.75 Å². The van der Waals surface area contributed by atoms with Gasteiger partial charge in [0.25, 0.3) is 5.56 Å². The second-order valence-corrected chi connectivity index (χ2v) is 7.78. The first-order chi connectivity index (χ1) is 14.6. The summed E-state index contributed by atoms with van der Waals surface area (Å²) in [4.78, 5) is 31.9. The quantitative estimate of drug-likeness (QED) is 0.491. The molecule has 0 spiro atoms. The van der Waals surface area contributed by atoms with Crippen LogP contribution in [0.2, 0.25) is 0 Å². The smallest absolute Gasteiger partial charge is 0.262 e. The van der Waals surface area contributed by atoms with Gasteiger partial charge in [0.2, 0.25) is 5.91 Å². The average molecular weight is 420 g/mol. The number of nitrogens with zero attached hydrogens (tertiary/aromatic N) is 2. The number of fused-ring (bicyclic) bond motifs is 1. The summed E-state index contributed by atoms with van der Waals surface area (Å²) in [5, 5.41) is 3.36. The molecule has 4 rings (SSSR count). The molecule has 0 radical (unpaired) electrons. The number of nitrogens with one attached hydrogen (secondary N) is 1. The van der Waals surface area contributed by atoms with Crippen LogP contribution in [-0.4, -0.2) is 22.1 Å². The summed E-state index contributed by atoms with van der Waals surface area (Å²) < 4.78 is 6.92. The number of rotatable bonds is 6. The van der Waals surface area contributed by atoms with Gasteiger partial charge in [0.15, 0.2) is 0 Å². The number of carbonyl (C=O) groups is 1. The molecule has 1 N–H and O–H groups in total. The highest BCUT2D eigenvalue weighted by Crippen LogP contribution is 2.31. The number of thiophene rings is 1. The second-order valence-electron chi connectivity index (χ2n) is 6.75. The van der Waals surface area contributed by atoms with Crippen LogP contribution < -0.4 is 15.6 Å². The summed E-state index contributed by atoms with van der Waals surface area (Å²) in [6, 6.07) is 18.2. The van der Waals surface area contributed by atoms with E-state index >= 15 is 0 Å². The molecule has 1 atom stereocenters. The highest BCUT2D eigenvalue weighted by atomic mass is 32.1. The molecule has 2 heterocycles. The maximum absolute atomic E-state index is 13.1. The Balaban J connectivity index is 1.63. The van der Waals surface area contributed by atoms with Crippen LogP contribution in [0.4, 0.5) is 5.69 Å². The predicted molar refractivity (Wildman–Crippen MR) is 120 cm³/mol. The zero-order valence-corrected chi connectivity index (χ0v) is 17.5. The third-order valence-corrected chi connectivity index (χ3v) is 5.87. The van der Waals surface area contributed by atoms with E-state index in [0.717, 1.165) is 10.4 Å². The van der Waals surface area contributed by atoms with Crippen LogP contribution in [-0.2, 0) is 4.79 Å². The number of amides is 1. The summed E-state index contributed by atoms with van der Waals surface area (Å²) in [6.45, 7) is 4.05. The molecular formula is C23H21N3O3S. The zero-order chi connectivity index (χ0) is 21.1.